The highest BCUT2D eigenvalue weighted by Gasteiger charge is 2.18. The molecule has 164 valence electrons. The molecule has 32 heavy (non-hydrogen) atoms. The molecule has 0 spiro atoms. The van der Waals surface area contributed by atoms with Crippen molar-refractivity contribution in [3.8, 4) is 11.4 Å². The van der Waals surface area contributed by atoms with Crippen LogP contribution in [-0.2, 0) is 24.2 Å². The fourth-order valence-corrected chi connectivity index (χ4v) is 3.92. The van der Waals surface area contributed by atoms with Crippen LogP contribution in [0, 0.1) is 0 Å². The summed E-state index contributed by atoms with van der Waals surface area (Å²) in [4.78, 5) is 32.5. The van der Waals surface area contributed by atoms with Crippen molar-refractivity contribution in [3.63, 3.8) is 0 Å². The van der Waals surface area contributed by atoms with Crippen LogP contribution in [0.1, 0.15) is 40.0 Å². The summed E-state index contributed by atoms with van der Waals surface area (Å²) >= 11 is 6.17. The minimum atomic E-state index is -0.579. The van der Waals surface area contributed by atoms with Crippen molar-refractivity contribution in [2.45, 2.75) is 32.2 Å². The van der Waals surface area contributed by atoms with Crippen molar-refractivity contribution in [3.05, 3.63) is 75.9 Å². The van der Waals surface area contributed by atoms with Crippen LogP contribution < -0.4 is 16.4 Å². The first kappa shape index (κ1) is 21.8. The number of halogens is 1. The number of aryl methyl sites for hydroxylation is 1. The van der Waals surface area contributed by atoms with Crippen LogP contribution in [0.15, 0.2) is 48.5 Å². The van der Waals surface area contributed by atoms with E-state index in [9.17, 15) is 9.59 Å². The lowest BCUT2D eigenvalue weighted by Crippen LogP contribution is -2.33. The van der Waals surface area contributed by atoms with E-state index in [2.05, 4.69) is 10.6 Å². The van der Waals surface area contributed by atoms with Crippen LogP contribution in [0.5, 0.6) is 0 Å². The second-order valence-corrected chi connectivity index (χ2v) is 8.17. The van der Waals surface area contributed by atoms with Gasteiger partial charge in [-0.3, -0.25) is 9.59 Å². The molecule has 0 fully saturated rings. The number of rotatable bonds is 7. The van der Waals surface area contributed by atoms with Crippen molar-refractivity contribution in [2.24, 2.45) is 5.73 Å². The van der Waals surface area contributed by atoms with Gasteiger partial charge in [0.1, 0.15) is 5.82 Å². The Bertz CT molecular complexity index is 1150. The van der Waals surface area contributed by atoms with Gasteiger partial charge in [0.05, 0.1) is 6.54 Å². The summed E-state index contributed by atoms with van der Waals surface area (Å²) in [5.41, 5.74) is 9.68. The number of carbonyl (C=O) groups excluding carboxylic acids is 2. The molecule has 7 nitrogen and oxygen atoms in total. The number of hydrogen-bond donors (Lipinski definition) is 3. The third kappa shape index (κ3) is 5.23. The number of nitrogens with zero attached hydrogens (tertiary/aromatic N) is 2. The molecule has 4 rings (SSSR count). The predicted octanol–water partition coefficient (Wildman–Crippen LogP) is 3.50. The number of primary amides is 1. The van der Waals surface area contributed by atoms with Gasteiger partial charge >= 0.3 is 0 Å². The molecule has 2 amide bonds. The second-order valence-electron chi connectivity index (χ2n) is 7.74. The Balaban J connectivity index is 1.52. The van der Waals surface area contributed by atoms with Crippen molar-refractivity contribution in [1.29, 1.82) is 0 Å². The Morgan fingerprint density at radius 3 is 2.56 bits per heavy atom. The highest BCUT2D eigenvalue weighted by Crippen LogP contribution is 2.29. The summed E-state index contributed by atoms with van der Waals surface area (Å²) in [7, 11) is 0. The van der Waals surface area contributed by atoms with Crippen LogP contribution >= 0.6 is 11.6 Å². The van der Waals surface area contributed by atoms with Crippen molar-refractivity contribution in [2.75, 3.05) is 11.9 Å². The number of aromatic nitrogens is 2. The minimum absolute atomic E-state index is 0.185. The largest absolute Gasteiger partial charge is 0.368 e. The molecule has 1 aliphatic rings. The van der Waals surface area contributed by atoms with E-state index in [-0.39, 0.29) is 12.5 Å². The topological polar surface area (TPSA) is 110 Å². The van der Waals surface area contributed by atoms with E-state index in [0.717, 1.165) is 48.3 Å². The van der Waals surface area contributed by atoms with Crippen LogP contribution in [0.25, 0.3) is 11.4 Å². The Labute approximate surface area is 191 Å². The molecule has 1 heterocycles. The first-order valence-corrected chi connectivity index (χ1v) is 10.9. The SMILES string of the molecule is NC(=O)CNC(=O)c1ccc(CNc2nc(-c3cccc(Cl)c3)nc3c2CCCC3)cc1. The number of hydrogen-bond acceptors (Lipinski definition) is 5. The van der Waals surface area contributed by atoms with Crippen molar-refractivity contribution >= 4 is 29.2 Å². The highest BCUT2D eigenvalue weighted by molar-refractivity contribution is 6.30. The maximum atomic E-state index is 12.0. The zero-order valence-corrected chi connectivity index (χ0v) is 18.3. The fraction of sp³-hybridized carbons (Fsp3) is 0.250. The number of amides is 2. The van der Waals surface area contributed by atoms with E-state index < -0.39 is 5.91 Å². The Morgan fingerprint density at radius 2 is 1.81 bits per heavy atom. The van der Waals surface area contributed by atoms with Crippen LogP contribution in [-0.4, -0.2) is 28.3 Å². The van der Waals surface area contributed by atoms with Crippen molar-refractivity contribution in [1.82, 2.24) is 15.3 Å². The molecule has 3 aromatic rings. The van der Waals surface area contributed by atoms with E-state index >= 15 is 0 Å². The van der Waals surface area contributed by atoms with Gasteiger partial charge < -0.3 is 16.4 Å². The standard InChI is InChI=1S/C24H24ClN5O2/c25-18-5-3-4-17(12-18)22-29-20-7-2-1-6-19(20)23(30-22)27-13-15-8-10-16(11-9-15)24(32)28-14-21(26)31/h3-5,8-12H,1-2,6-7,13-14H2,(H2,26,31)(H,28,32)(H,27,29,30). The lowest BCUT2D eigenvalue weighted by Gasteiger charge is -2.20. The average Bonchev–Trinajstić information content (AvgIpc) is 2.81. The maximum absolute atomic E-state index is 12.0. The third-order valence-electron chi connectivity index (χ3n) is 5.37. The molecule has 0 saturated heterocycles. The van der Waals surface area contributed by atoms with E-state index in [1.807, 2.05) is 36.4 Å². The third-order valence-corrected chi connectivity index (χ3v) is 5.60. The van der Waals surface area contributed by atoms with Gasteiger partial charge in [-0.15, -0.1) is 0 Å². The van der Waals surface area contributed by atoms with Gasteiger partial charge in [-0.05, 0) is 55.5 Å². The minimum Gasteiger partial charge on any atom is -0.368 e. The molecule has 0 atom stereocenters. The zero-order valence-electron chi connectivity index (χ0n) is 17.5. The van der Waals surface area contributed by atoms with E-state index in [4.69, 9.17) is 27.3 Å². The lowest BCUT2D eigenvalue weighted by molar-refractivity contribution is -0.117. The first-order chi connectivity index (χ1) is 15.5. The first-order valence-electron chi connectivity index (χ1n) is 10.5. The molecule has 4 N–H and O–H groups in total. The predicted molar refractivity (Wildman–Crippen MR) is 124 cm³/mol. The molecule has 1 aromatic heterocycles. The van der Waals surface area contributed by atoms with Crippen LogP contribution in [0.2, 0.25) is 5.02 Å². The Morgan fingerprint density at radius 1 is 1.03 bits per heavy atom. The molecular weight excluding hydrogens is 426 g/mol. The van der Waals surface area contributed by atoms with Gasteiger partial charge in [0, 0.05) is 34.0 Å². The molecule has 1 aliphatic carbocycles. The van der Waals surface area contributed by atoms with Gasteiger partial charge in [-0.1, -0.05) is 35.9 Å². The number of fused-ring (bicyclic) bond motifs is 1. The summed E-state index contributed by atoms with van der Waals surface area (Å²) in [5, 5.41) is 6.59. The van der Waals surface area contributed by atoms with E-state index in [0.29, 0.717) is 23.0 Å². The quantitative estimate of drug-likeness (QED) is 0.511. The maximum Gasteiger partial charge on any atom is 0.251 e. The number of carbonyl (C=O) groups is 2. The van der Waals surface area contributed by atoms with E-state index in [1.165, 1.54) is 5.56 Å². The Hall–Kier alpha value is -3.45. The number of nitrogens with two attached hydrogens (primary N) is 1. The summed E-state index contributed by atoms with van der Waals surface area (Å²) in [6, 6.07) is 14.8. The molecule has 0 unspecified atom stereocenters. The number of benzene rings is 2. The molecule has 0 bridgehead atoms. The molecular formula is C24H24ClN5O2. The summed E-state index contributed by atoms with van der Waals surface area (Å²) < 4.78 is 0. The second kappa shape index (κ2) is 9.78. The normalized spacial score (nSPS) is 12.7. The molecule has 0 saturated carbocycles. The fourth-order valence-electron chi connectivity index (χ4n) is 3.73. The number of anilines is 1. The van der Waals surface area contributed by atoms with E-state index in [1.54, 1.807) is 12.1 Å². The monoisotopic (exact) mass is 449 g/mol. The molecule has 0 radical (unpaired) electrons. The zero-order chi connectivity index (χ0) is 22.5. The van der Waals surface area contributed by atoms with Gasteiger partial charge in [-0.2, -0.15) is 0 Å². The van der Waals surface area contributed by atoms with Gasteiger partial charge in [0.15, 0.2) is 5.82 Å². The summed E-state index contributed by atoms with van der Waals surface area (Å²) in [6.07, 6.45) is 4.13. The van der Waals surface area contributed by atoms with Gasteiger partial charge in [0.2, 0.25) is 5.91 Å². The summed E-state index contributed by atoms with van der Waals surface area (Å²) in [5.74, 6) is 0.592. The van der Waals surface area contributed by atoms with Crippen LogP contribution in [0.4, 0.5) is 5.82 Å². The molecule has 8 heteroatoms. The van der Waals surface area contributed by atoms with Crippen molar-refractivity contribution < 1.29 is 9.59 Å². The highest BCUT2D eigenvalue weighted by atomic mass is 35.5. The molecule has 0 aliphatic heterocycles. The number of nitrogens with one attached hydrogen (secondary N) is 2. The molecule has 2 aromatic carbocycles. The Kier molecular flexibility index (Phi) is 6.66. The average molecular weight is 450 g/mol. The smallest absolute Gasteiger partial charge is 0.251 e. The van der Waals surface area contributed by atoms with Crippen LogP contribution in [0.3, 0.4) is 0 Å². The van der Waals surface area contributed by atoms with Gasteiger partial charge in [0.25, 0.3) is 5.91 Å². The van der Waals surface area contributed by atoms with Gasteiger partial charge in [-0.25, -0.2) is 9.97 Å². The summed E-state index contributed by atoms with van der Waals surface area (Å²) in [6.45, 7) is 0.373. The lowest BCUT2D eigenvalue weighted by atomic mass is 9.96.